The van der Waals surface area contributed by atoms with Crippen LogP contribution in [0.25, 0.3) is 0 Å². The number of carbonyl (C=O) groups is 2. The minimum atomic E-state index is -1.06. The summed E-state index contributed by atoms with van der Waals surface area (Å²) in [4.78, 5) is 22.7. The average Bonchev–Trinajstić information content (AvgIpc) is 2.77. The molecule has 0 aliphatic heterocycles. The Kier molecular flexibility index (Phi) is 4.85. The zero-order chi connectivity index (χ0) is 14.5. The summed E-state index contributed by atoms with van der Waals surface area (Å²) in [6.07, 6.45) is 3.22. The number of hydrogen-bond donors (Lipinski definition) is 3. The fourth-order valence-corrected chi connectivity index (χ4v) is 1.47. The summed E-state index contributed by atoms with van der Waals surface area (Å²) in [5, 5.41) is 21.5. The van der Waals surface area contributed by atoms with Crippen LogP contribution < -0.4 is 10.6 Å². The van der Waals surface area contributed by atoms with Gasteiger partial charge in [-0.2, -0.15) is 0 Å². The molecule has 106 valence electrons. The van der Waals surface area contributed by atoms with Crippen LogP contribution in [0.15, 0.2) is 12.4 Å². The number of carboxylic acids is 1. The molecule has 1 aromatic heterocycles. The van der Waals surface area contributed by atoms with Gasteiger partial charge in [-0.05, 0) is 5.41 Å². The van der Waals surface area contributed by atoms with E-state index in [1.807, 2.05) is 0 Å². The second-order valence-electron chi connectivity index (χ2n) is 5.20. The van der Waals surface area contributed by atoms with Crippen LogP contribution in [-0.2, 0) is 11.3 Å². The van der Waals surface area contributed by atoms with Crippen LogP contribution in [0.3, 0.4) is 0 Å². The molecule has 8 nitrogen and oxygen atoms in total. The highest BCUT2D eigenvalue weighted by atomic mass is 16.4. The van der Waals surface area contributed by atoms with E-state index in [2.05, 4.69) is 20.9 Å². The zero-order valence-electron chi connectivity index (χ0n) is 11.3. The highest BCUT2D eigenvalue weighted by Crippen LogP contribution is 2.19. The lowest BCUT2D eigenvalue weighted by Crippen LogP contribution is -2.52. The Hall–Kier alpha value is -2.12. The molecule has 1 aromatic rings. The van der Waals surface area contributed by atoms with E-state index < -0.39 is 23.5 Å². The van der Waals surface area contributed by atoms with Gasteiger partial charge < -0.3 is 15.7 Å². The van der Waals surface area contributed by atoms with Crippen molar-refractivity contribution in [1.29, 1.82) is 0 Å². The third-order valence-electron chi connectivity index (χ3n) is 2.49. The molecular formula is C11H19N5O3. The number of aliphatic carboxylic acids is 1. The Morgan fingerprint density at radius 3 is 2.58 bits per heavy atom. The van der Waals surface area contributed by atoms with Gasteiger partial charge in [0.05, 0.1) is 12.7 Å². The molecule has 0 spiro atoms. The molecule has 0 bridgehead atoms. The standard InChI is InChI=1S/C11H19N5O3/c1-11(2,3)8(9(17)18)14-10(19)12-4-6-16-7-5-13-15-16/h5,7-8H,4,6H2,1-3H3,(H,17,18)(H2,12,14,19). The molecule has 1 rings (SSSR count). The lowest BCUT2D eigenvalue weighted by Gasteiger charge is -2.27. The fraction of sp³-hybridized carbons (Fsp3) is 0.636. The van der Waals surface area contributed by atoms with Gasteiger partial charge in [0.15, 0.2) is 0 Å². The van der Waals surface area contributed by atoms with Crippen molar-refractivity contribution in [1.82, 2.24) is 25.6 Å². The molecule has 1 atom stereocenters. The summed E-state index contributed by atoms with van der Waals surface area (Å²) < 4.78 is 1.57. The Morgan fingerprint density at radius 1 is 1.42 bits per heavy atom. The van der Waals surface area contributed by atoms with Crippen molar-refractivity contribution in [3.63, 3.8) is 0 Å². The maximum absolute atomic E-state index is 11.6. The van der Waals surface area contributed by atoms with Crippen molar-refractivity contribution in [3.05, 3.63) is 12.4 Å². The van der Waals surface area contributed by atoms with Crippen LogP contribution in [-0.4, -0.2) is 44.7 Å². The van der Waals surface area contributed by atoms with Gasteiger partial charge in [0.25, 0.3) is 0 Å². The van der Waals surface area contributed by atoms with Gasteiger partial charge >= 0.3 is 12.0 Å². The number of urea groups is 1. The van der Waals surface area contributed by atoms with Crippen LogP contribution in [0.2, 0.25) is 0 Å². The van der Waals surface area contributed by atoms with Crippen LogP contribution >= 0.6 is 0 Å². The number of rotatable bonds is 5. The first kappa shape index (κ1) is 14.9. The lowest BCUT2D eigenvalue weighted by atomic mass is 9.87. The number of carboxylic acid groups (broad SMARTS) is 1. The predicted octanol–water partition coefficient (Wildman–Crippen LogP) is 0.0766. The SMILES string of the molecule is CC(C)(C)C(NC(=O)NCCn1ccnn1)C(=O)O. The molecule has 0 aliphatic rings. The lowest BCUT2D eigenvalue weighted by molar-refractivity contribution is -0.141. The molecule has 8 heteroatoms. The summed E-state index contributed by atoms with van der Waals surface area (Å²) in [5.74, 6) is -1.06. The molecular weight excluding hydrogens is 250 g/mol. The first-order chi connectivity index (χ1) is 8.80. The van der Waals surface area contributed by atoms with E-state index in [0.717, 1.165) is 0 Å². The van der Waals surface area contributed by atoms with Crippen LogP contribution in [0, 0.1) is 5.41 Å². The largest absolute Gasteiger partial charge is 0.480 e. The fourth-order valence-electron chi connectivity index (χ4n) is 1.47. The summed E-state index contributed by atoms with van der Waals surface area (Å²) in [7, 11) is 0. The maximum atomic E-state index is 11.6. The molecule has 1 heterocycles. The van der Waals surface area contributed by atoms with Gasteiger partial charge in [0.2, 0.25) is 0 Å². The molecule has 3 N–H and O–H groups in total. The topological polar surface area (TPSA) is 109 Å². The smallest absolute Gasteiger partial charge is 0.326 e. The minimum Gasteiger partial charge on any atom is -0.480 e. The summed E-state index contributed by atoms with van der Waals surface area (Å²) in [6.45, 7) is 6.07. The number of nitrogens with zero attached hydrogens (tertiary/aromatic N) is 3. The first-order valence-corrected chi connectivity index (χ1v) is 5.92. The molecule has 1 unspecified atom stereocenters. The number of carbonyl (C=O) groups excluding carboxylic acids is 1. The molecule has 19 heavy (non-hydrogen) atoms. The van der Waals surface area contributed by atoms with Crippen molar-refractivity contribution in [2.24, 2.45) is 5.41 Å². The van der Waals surface area contributed by atoms with Gasteiger partial charge in [-0.15, -0.1) is 5.10 Å². The maximum Gasteiger partial charge on any atom is 0.326 e. The molecule has 0 saturated carbocycles. The third kappa shape index (κ3) is 4.94. The van der Waals surface area contributed by atoms with E-state index >= 15 is 0 Å². The van der Waals surface area contributed by atoms with E-state index in [4.69, 9.17) is 5.11 Å². The minimum absolute atomic E-state index is 0.339. The Balaban J connectivity index is 2.39. The number of nitrogens with one attached hydrogen (secondary N) is 2. The second-order valence-corrected chi connectivity index (χ2v) is 5.20. The summed E-state index contributed by atoms with van der Waals surface area (Å²) >= 11 is 0. The third-order valence-corrected chi connectivity index (χ3v) is 2.49. The van der Waals surface area contributed by atoms with Crippen LogP contribution in [0.1, 0.15) is 20.8 Å². The number of amides is 2. The zero-order valence-corrected chi connectivity index (χ0v) is 11.3. The van der Waals surface area contributed by atoms with Crippen molar-refractivity contribution in [2.45, 2.75) is 33.4 Å². The first-order valence-electron chi connectivity index (χ1n) is 5.92. The summed E-state index contributed by atoms with van der Waals surface area (Å²) in [6, 6.07) is -1.46. The van der Waals surface area contributed by atoms with E-state index in [-0.39, 0.29) is 0 Å². The molecule has 0 aromatic carbocycles. The number of aromatic nitrogens is 3. The molecule has 0 radical (unpaired) electrons. The highest BCUT2D eigenvalue weighted by Gasteiger charge is 2.32. The number of hydrogen-bond acceptors (Lipinski definition) is 4. The average molecular weight is 269 g/mol. The molecule has 0 fully saturated rings. The van der Waals surface area contributed by atoms with E-state index in [1.165, 1.54) is 0 Å². The van der Waals surface area contributed by atoms with Gasteiger partial charge in [-0.1, -0.05) is 26.0 Å². The molecule has 0 aliphatic carbocycles. The monoisotopic (exact) mass is 269 g/mol. The molecule has 2 amide bonds. The Morgan fingerprint density at radius 2 is 2.11 bits per heavy atom. The normalized spacial score (nSPS) is 12.8. The van der Waals surface area contributed by atoms with Crippen molar-refractivity contribution in [3.8, 4) is 0 Å². The molecule has 0 saturated heterocycles. The van der Waals surface area contributed by atoms with Gasteiger partial charge in [-0.3, -0.25) is 4.68 Å². The van der Waals surface area contributed by atoms with Crippen molar-refractivity contribution >= 4 is 12.0 Å². The quantitative estimate of drug-likeness (QED) is 0.701. The highest BCUT2D eigenvalue weighted by molar-refractivity contribution is 5.83. The van der Waals surface area contributed by atoms with Crippen LogP contribution in [0.5, 0.6) is 0 Å². The van der Waals surface area contributed by atoms with E-state index in [9.17, 15) is 9.59 Å². The summed E-state index contributed by atoms with van der Waals surface area (Å²) in [5.41, 5.74) is -0.560. The van der Waals surface area contributed by atoms with E-state index in [0.29, 0.717) is 13.1 Å². The van der Waals surface area contributed by atoms with Crippen molar-refractivity contribution < 1.29 is 14.7 Å². The van der Waals surface area contributed by atoms with Gasteiger partial charge in [0, 0.05) is 12.7 Å². The van der Waals surface area contributed by atoms with E-state index in [1.54, 1.807) is 37.8 Å². The van der Waals surface area contributed by atoms with Crippen LogP contribution in [0.4, 0.5) is 4.79 Å². The Bertz CT molecular complexity index is 424. The Labute approximate surface area is 111 Å². The second kappa shape index (κ2) is 6.17. The predicted molar refractivity (Wildman–Crippen MR) is 67.4 cm³/mol. The van der Waals surface area contributed by atoms with Crippen molar-refractivity contribution in [2.75, 3.05) is 6.54 Å². The van der Waals surface area contributed by atoms with Gasteiger partial charge in [0.1, 0.15) is 6.04 Å². The van der Waals surface area contributed by atoms with Gasteiger partial charge in [-0.25, -0.2) is 9.59 Å².